The first-order valence-corrected chi connectivity index (χ1v) is 9.19. The molecule has 2 aromatic rings. The van der Waals surface area contributed by atoms with Gasteiger partial charge in [0.15, 0.2) is 0 Å². The molecule has 0 saturated heterocycles. The van der Waals surface area contributed by atoms with Crippen molar-refractivity contribution in [1.82, 2.24) is 0 Å². The van der Waals surface area contributed by atoms with E-state index in [0.29, 0.717) is 36.9 Å². The lowest BCUT2D eigenvalue weighted by Gasteiger charge is -2.22. The van der Waals surface area contributed by atoms with Crippen LogP contribution in [0.5, 0.6) is 5.75 Å². The van der Waals surface area contributed by atoms with Crippen molar-refractivity contribution in [2.45, 2.75) is 26.9 Å². The number of nitrogens with zero attached hydrogens (tertiary/aromatic N) is 1. The standard InChI is InChI=1S/C21H26N2O5/c1-4-26-14-13-23(18-10-6-5-7-11-18)21(25)28-19-12-8-9-17(15-19)22-20(24)27-16(2)3/h5-12,15-16H,4,13-14H2,1-3H3,(H,22,24). The number of carbonyl (C=O) groups excluding carboxylic acids is 2. The number of carbonyl (C=O) groups is 2. The monoisotopic (exact) mass is 386 g/mol. The number of anilines is 2. The molecule has 0 aromatic heterocycles. The molecule has 0 spiro atoms. The molecule has 2 amide bonds. The largest absolute Gasteiger partial charge is 0.447 e. The lowest BCUT2D eigenvalue weighted by atomic mass is 10.3. The Morgan fingerprint density at radius 3 is 2.50 bits per heavy atom. The number of hydrogen-bond donors (Lipinski definition) is 1. The molecule has 0 aliphatic carbocycles. The molecule has 0 atom stereocenters. The summed E-state index contributed by atoms with van der Waals surface area (Å²) in [5, 5.41) is 2.60. The molecular formula is C21H26N2O5. The zero-order chi connectivity index (χ0) is 20.4. The van der Waals surface area contributed by atoms with E-state index in [2.05, 4.69) is 5.32 Å². The van der Waals surface area contributed by atoms with E-state index in [1.165, 1.54) is 4.90 Å². The number of para-hydroxylation sites is 1. The molecule has 0 aliphatic heterocycles. The Morgan fingerprint density at radius 1 is 1.07 bits per heavy atom. The second-order valence-electron chi connectivity index (χ2n) is 6.16. The van der Waals surface area contributed by atoms with Crippen molar-refractivity contribution in [3.8, 4) is 5.75 Å². The highest BCUT2D eigenvalue weighted by atomic mass is 16.6. The summed E-state index contributed by atoms with van der Waals surface area (Å²) in [4.78, 5) is 26.0. The van der Waals surface area contributed by atoms with Gasteiger partial charge < -0.3 is 14.2 Å². The van der Waals surface area contributed by atoms with Crippen molar-refractivity contribution in [3.63, 3.8) is 0 Å². The Morgan fingerprint density at radius 2 is 1.82 bits per heavy atom. The third-order valence-electron chi connectivity index (χ3n) is 3.58. The highest BCUT2D eigenvalue weighted by Gasteiger charge is 2.18. The molecule has 0 heterocycles. The predicted molar refractivity (Wildman–Crippen MR) is 108 cm³/mol. The quantitative estimate of drug-likeness (QED) is 0.666. The van der Waals surface area contributed by atoms with Gasteiger partial charge in [-0.3, -0.25) is 10.2 Å². The average molecular weight is 386 g/mol. The molecule has 0 unspecified atom stereocenters. The van der Waals surface area contributed by atoms with Gasteiger partial charge in [0, 0.05) is 24.0 Å². The van der Waals surface area contributed by atoms with Crippen LogP contribution in [-0.2, 0) is 9.47 Å². The molecule has 1 N–H and O–H groups in total. The van der Waals surface area contributed by atoms with E-state index in [1.54, 1.807) is 38.1 Å². The SMILES string of the molecule is CCOCCN(C(=O)Oc1cccc(NC(=O)OC(C)C)c1)c1ccccc1. The fraction of sp³-hybridized carbons (Fsp3) is 0.333. The van der Waals surface area contributed by atoms with Crippen LogP contribution in [0, 0.1) is 0 Å². The summed E-state index contributed by atoms with van der Waals surface area (Å²) in [6.45, 7) is 6.74. The molecular weight excluding hydrogens is 360 g/mol. The van der Waals surface area contributed by atoms with Gasteiger partial charge in [-0.1, -0.05) is 24.3 Å². The molecule has 2 rings (SSSR count). The van der Waals surface area contributed by atoms with Crippen LogP contribution in [0.4, 0.5) is 21.0 Å². The smallest absolute Gasteiger partial charge is 0.419 e. The van der Waals surface area contributed by atoms with Gasteiger partial charge in [0.1, 0.15) is 5.75 Å². The number of hydrogen-bond acceptors (Lipinski definition) is 5. The van der Waals surface area contributed by atoms with Gasteiger partial charge in [0.05, 0.1) is 19.3 Å². The third kappa shape index (κ3) is 6.92. The van der Waals surface area contributed by atoms with E-state index < -0.39 is 12.2 Å². The minimum atomic E-state index is -0.568. The van der Waals surface area contributed by atoms with E-state index in [4.69, 9.17) is 14.2 Å². The number of amides is 2. The van der Waals surface area contributed by atoms with Gasteiger partial charge in [-0.05, 0) is 45.0 Å². The van der Waals surface area contributed by atoms with Gasteiger partial charge in [0.2, 0.25) is 0 Å². The Kier molecular flexibility index (Phi) is 8.30. The number of nitrogens with one attached hydrogen (secondary N) is 1. The summed E-state index contributed by atoms with van der Waals surface area (Å²) < 4.78 is 15.9. The summed E-state index contributed by atoms with van der Waals surface area (Å²) in [5.74, 6) is 0.310. The summed E-state index contributed by atoms with van der Waals surface area (Å²) in [5.41, 5.74) is 1.18. The van der Waals surface area contributed by atoms with Crippen molar-refractivity contribution >= 4 is 23.6 Å². The van der Waals surface area contributed by atoms with Crippen LogP contribution in [0.25, 0.3) is 0 Å². The first kappa shape index (κ1) is 21.2. The molecule has 150 valence electrons. The van der Waals surface area contributed by atoms with Crippen molar-refractivity contribution in [3.05, 3.63) is 54.6 Å². The van der Waals surface area contributed by atoms with Gasteiger partial charge >= 0.3 is 12.2 Å². The van der Waals surface area contributed by atoms with E-state index in [9.17, 15) is 9.59 Å². The molecule has 0 bridgehead atoms. The first-order valence-electron chi connectivity index (χ1n) is 9.19. The fourth-order valence-electron chi connectivity index (χ4n) is 2.39. The molecule has 0 radical (unpaired) electrons. The number of benzene rings is 2. The van der Waals surface area contributed by atoms with Crippen LogP contribution in [0.3, 0.4) is 0 Å². The average Bonchev–Trinajstić information content (AvgIpc) is 2.65. The maximum Gasteiger partial charge on any atom is 0.419 e. The Bertz CT molecular complexity index is 764. The lowest BCUT2D eigenvalue weighted by molar-refractivity contribution is 0.130. The lowest BCUT2D eigenvalue weighted by Crippen LogP contribution is -2.36. The van der Waals surface area contributed by atoms with Crippen LogP contribution >= 0.6 is 0 Å². The molecule has 7 heteroatoms. The Hall–Kier alpha value is -3.06. The highest BCUT2D eigenvalue weighted by Crippen LogP contribution is 2.21. The second-order valence-corrected chi connectivity index (χ2v) is 6.16. The van der Waals surface area contributed by atoms with Gasteiger partial charge in [-0.25, -0.2) is 9.59 Å². The van der Waals surface area contributed by atoms with E-state index in [0.717, 1.165) is 0 Å². The zero-order valence-corrected chi connectivity index (χ0v) is 16.4. The van der Waals surface area contributed by atoms with E-state index >= 15 is 0 Å². The molecule has 0 aliphatic rings. The first-order chi connectivity index (χ1) is 13.5. The highest BCUT2D eigenvalue weighted by molar-refractivity contribution is 5.89. The maximum absolute atomic E-state index is 12.7. The Labute approximate surface area is 165 Å². The van der Waals surface area contributed by atoms with Crippen molar-refractivity contribution < 1.29 is 23.8 Å². The van der Waals surface area contributed by atoms with Gasteiger partial charge in [-0.2, -0.15) is 0 Å². The normalized spacial score (nSPS) is 10.4. The topological polar surface area (TPSA) is 77.1 Å². The molecule has 0 fully saturated rings. The van der Waals surface area contributed by atoms with Crippen LogP contribution in [0.2, 0.25) is 0 Å². The van der Waals surface area contributed by atoms with Crippen molar-refractivity contribution in [2.24, 2.45) is 0 Å². The van der Waals surface area contributed by atoms with Crippen LogP contribution in [-0.4, -0.2) is 38.0 Å². The Balaban J connectivity index is 2.07. The minimum Gasteiger partial charge on any atom is -0.447 e. The third-order valence-corrected chi connectivity index (χ3v) is 3.58. The molecule has 2 aromatic carbocycles. The van der Waals surface area contributed by atoms with Crippen LogP contribution in [0.1, 0.15) is 20.8 Å². The zero-order valence-electron chi connectivity index (χ0n) is 16.4. The van der Waals surface area contributed by atoms with Crippen molar-refractivity contribution in [1.29, 1.82) is 0 Å². The molecule has 7 nitrogen and oxygen atoms in total. The van der Waals surface area contributed by atoms with Crippen molar-refractivity contribution in [2.75, 3.05) is 30.0 Å². The van der Waals surface area contributed by atoms with E-state index in [-0.39, 0.29) is 6.10 Å². The predicted octanol–water partition coefficient (Wildman–Crippen LogP) is 4.69. The fourth-order valence-corrected chi connectivity index (χ4v) is 2.39. The van der Waals surface area contributed by atoms with Gasteiger partial charge in [0.25, 0.3) is 0 Å². The summed E-state index contributed by atoms with van der Waals surface area (Å²) >= 11 is 0. The number of rotatable bonds is 8. The summed E-state index contributed by atoms with van der Waals surface area (Å²) in [6.07, 6.45) is -1.33. The molecule has 28 heavy (non-hydrogen) atoms. The van der Waals surface area contributed by atoms with Crippen LogP contribution in [0.15, 0.2) is 54.6 Å². The molecule has 0 saturated carbocycles. The van der Waals surface area contributed by atoms with E-state index in [1.807, 2.05) is 37.3 Å². The maximum atomic E-state index is 12.7. The van der Waals surface area contributed by atoms with Crippen LogP contribution < -0.4 is 15.0 Å². The second kappa shape index (κ2) is 10.9. The summed E-state index contributed by atoms with van der Waals surface area (Å²) in [6, 6.07) is 15.8. The summed E-state index contributed by atoms with van der Waals surface area (Å²) in [7, 11) is 0. The minimum absolute atomic E-state index is 0.231. The number of ether oxygens (including phenoxy) is 3. The van der Waals surface area contributed by atoms with Gasteiger partial charge in [-0.15, -0.1) is 0 Å².